The third-order valence-corrected chi connectivity index (χ3v) is 5.66. The fourth-order valence-electron chi connectivity index (χ4n) is 1.72. The van der Waals surface area contributed by atoms with Gasteiger partial charge < -0.3 is 5.32 Å². The molecule has 1 aliphatic heterocycles. The highest BCUT2D eigenvalue weighted by Crippen LogP contribution is 2.20. The van der Waals surface area contributed by atoms with E-state index in [-0.39, 0.29) is 5.75 Å². The summed E-state index contributed by atoms with van der Waals surface area (Å²) in [6.07, 6.45) is 0.703. The van der Waals surface area contributed by atoms with Crippen molar-refractivity contribution in [2.75, 3.05) is 37.7 Å². The van der Waals surface area contributed by atoms with Crippen LogP contribution in [0.25, 0.3) is 0 Å². The maximum absolute atomic E-state index is 12.0. The molecule has 0 aromatic carbocycles. The van der Waals surface area contributed by atoms with Gasteiger partial charge in [-0.15, -0.1) is 0 Å². The van der Waals surface area contributed by atoms with Gasteiger partial charge in [-0.3, -0.25) is 0 Å². The summed E-state index contributed by atoms with van der Waals surface area (Å²) in [7, 11) is -3.02. The van der Waals surface area contributed by atoms with Crippen molar-refractivity contribution in [3.8, 4) is 0 Å². The Bertz CT molecular complexity index is 293. The maximum Gasteiger partial charge on any atom is 0.214 e. The van der Waals surface area contributed by atoms with Gasteiger partial charge in [0.15, 0.2) is 0 Å². The van der Waals surface area contributed by atoms with E-state index in [1.54, 1.807) is 4.31 Å². The fraction of sp³-hybridized carbons (Fsp3) is 1.00. The van der Waals surface area contributed by atoms with E-state index in [1.165, 1.54) is 0 Å². The molecule has 1 unspecified atom stereocenters. The lowest BCUT2D eigenvalue weighted by Crippen LogP contribution is -2.42. The number of sulfonamides is 1. The van der Waals surface area contributed by atoms with Gasteiger partial charge in [0.2, 0.25) is 10.0 Å². The molecule has 16 heavy (non-hydrogen) atoms. The zero-order valence-electron chi connectivity index (χ0n) is 10.1. The summed E-state index contributed by atoms with van der Waals surface area (Å²) in [6, 6.07) is 0. The highest BCUT2D eigenvalue weighted by molar-refractivity contribution is 8.00. The Balaban J connectivity index is 2.37. The van der Waals surface area contributed by atoms with Crippen molar-refractivity contribution in [1.82, 2.24) is 9.62 Å². The van der Waals surface area contributed by atoms with Gasteiger partial charge in [-0.25, -0.2) is 12.7 Å². The van der Waals surface area contributed by atoms with Crippen LogP contribution in [0.15, 0.2) is 0 Å². The van der Waals surface area contributed by atoms with Crippen LogP contribution in [0, 0.1) is 0 Å². The Morgan fingerprint density at radius 2 is 2.25 bits per heavy atom. The first-order valence-electron chi connectivity index (χ1n) is 5.86. The summed E-state index contributed by atoms with van der Waals surface area (Å²) >= 11 is 1.85. The Morgan fingerprint density at radius 3 is 2.88 bits per heavy atom. The van der Waals surface area contributed by atoms with Gasteiger partial charge in [-0.05, 0) is 19.5 Å². The van der Waals surface area contributed by atoms with Crippen molar-refractivity contribution < 1.29 is 8.42 Å². The molecular weight excluding hydrogens is 244 g/mol. The summed E-state index contributed by atoms with van der Waals surface area (Å²) < 4.78 is 25.6. The van der Waals surface area contributed by atoms with Crippen molar-refractivity contribution in [1.29, 1.82) is 0 Å². The average molecular weight is 266 g/mol. The third kappa shape index (κ3) is 4.61. The minimum atomic E-state index is -3.02. The molecule has 0 radical (unpaired) electrons. The Labute approximate surface area is 103 Å². The zero-order chi connectivity index (χ0) is 12.0. The number of hydrogen-bond donors (Lipinski definition) is 1. The van der Waals surface area contributed by atoms with E-state index in [2.05, 4.69) is 12.2 Å². The summed E-state index contributed by atoms with van der Waals surface area (Å²) in [6.45, 7) is 7.15. The Hall–Kier alpha value is 0.220. The molecule has 0 amide bonds. The first-order chi connectivity index (χ1) is 7.56. The van der Waals surface area contributed by atoms with Gasteiger partial charge in [0.25, 0.3) is 0 Å². The van der Waals surface area contributed by atoms with Crippen molar-refractivity contribution in [2.45, 2.75) is 25.5 Å². The van der Waals surface area contributed by atoms with Crippen molar-refractivity contribution in [2.24, 2.45) is 0 Å². The van der Waals surface area contributed by atoms with E-state index in [1.807, 2.05) is 18.7 Å². The number of thioether (sulfide) groups is 1. The molecule has 1 N–H and O–H groups in total. The van der Waals surface area contributed by atoms with Crippen LogP contribution in [0.1, 0.15) is 20.3 Å². The molecule has 0 aromatic rings. The van der Waals surface area contributed by atoms with E-state index < -0.39 is 10.0 Å². The predicted molar refractivity (Wildman–Crippen MR) is 70.4 cm³/mol. The summed E-state index contributed by atoms with van der Waals surface area (Å²) in [4.78, 5) is 0. The molecule has 1 fully saturated rings. The first-order valence-corrected chi connectivity index (χ1v) is 8.52. The molecule has 1 aliphatic rings. The van der Waals surface area contributed by atoms with E-state index in [9.17, 15) is 8.42 Å². The molecule has 0 bridgehead atoms. The van der Waals surface area contributed by atoms with Crippen LogP contribution in [-0.4, -0.2) is 55.7 Å². The molecule has 0 saturated carbocycles. The Kier molecular flexibility index (Phi) is 6.10. The van der Waals surface area contributed by atoms with Crippen LogP contribution in [0.5, 0.6) is 0 Å². The van der Waals surface area contributed by atoms with E-state index in [0.717, 1.165) is 18.8 Å². The van der Waals surface area contributed by atoms with Crippen LogP contribution in [-0.2, 0) is 10.0 Å². The topological polar surface area (TPSA) is 49.4 Å². The number of rotatable bonds is 6. The zero-order valence-corrected chi connectivity index (χ0v) is 11.7. The molecule has 0 spiro atoms. The SMILES string of the molecule is CCNCCCS(=O)(=O)N1CCSC(C)C1. The molecule has 4 nitrogen and oxygen atoms in total. The van der Waals surface area contributed by atoms with Gasteiger partial charge in [-0.1, -0.05) is 13.8 Å². The van der Waals surface area contributed by atoms with Crippen LogP contribution in [0.3, 0.4) is 0 Å². The molecule has 1 heterocycles. The highest BCUT2D eigenvalue weighted by Gasteiger charge is 2.26. The lowest BCUT2D eigenvalue weighted by Gasteiger charge is -2.29. The fourth-order valence-corrected chi connectivity index (χ4v) is 4.54. The summed E-state index contributed by atoms with van der Waals surface area (Å²) in [5.41, 5.74) is 0. The van der Waals surface area contributed by atoms with Gasteiger partial charge in [0.05, 0.1) is 5.75 Å². The van der Waals surface area contributed by atoms with E-state index in [4.69, 9.17) is 0 Å². The summed E-state index contributed by atoms with van der Waals surface area (Å²) in [5.74, 6) is 1.20. The predicted octanol–water partition coefficient (Wildman–Crippen LogP) is 0.753. The molecule has 1 rings (SSSR count). The van der Waals surface area contributed by atoms with Gasteiger partial charge in [-0.2, -0.15) is 11.8 Å². The lowest BCUT2D eigenvalue weighted by atomic mass is 10.4. The Morgan fingerprint density at radius 1 is 1.50 bits per heavy atom. The van der Waals surface area contributed by atoms with Crippen molar-refractivity contribution in [3.05, 3.63) is 0 Å². The lowest BCUT2D eigenvalue weighted by molar-refractivity contribution is 0.423. The molecule has 0 aromatic heterocycles. The van der Waals surface area contributed by atoms with Gasteiger partial charge in [0.1, 0.15) is 0 Å². The highest BCUT2D eigenvalue weighted by atomic mass is 32.2. The largest absolute Gasteiger partial charge is 0.317 e. The second kappa shape index (κ2) is 6.83. The number of nitrogens with zero attached hydrogens (tertiary/aromatic N) is 1. The van der Waals surface area contributed by atoms with Gasteiger partial charge in [0, 0.05) is 24.1 Å². The molecule has 0 aliphatic carbocycles. The van der Waals surface area contributed by atoms with Gasteiger partial charge >= 0.3 is 0 Å². The van der Waals surface area contributed by atoms with Crippen molar-refractivity contribution >= 4 is 21.8 Å². The second-order valence-electron chi connectivity index (χ2n) is 4.06. The second-order valence-corrected chi connectivity index (χ2v) is 7.70. The normalized spacial score (nSPS) is 23.5. The smallest absolute Gasteiger partial charge is 0.214 e. The standard InChI is InChI=1S/C10H22N2O2S2/c1-3-11-5-4-8-16(13,14)12-6-7-15-10(2)9-12/h10-11H,3-9H2,1-2H3. The minimum Gasteiger partial charge on any atom is -0.317 e. The van der Waals surface area contributed by atoms with Crippen LogP contribution in [0.2, 0.25) is 0 Å². The molecule has 1 saturated heterocycles. The maximum atomic E-state index is 12.0. The van der Waals surface area contributed by atoms with Crippen LogP contribution < -0.4 is 5.32 Å². The van der Waals surface area contributed by atoms with Crippen molar-refractivity contribution in [3.63, 3.8) is 0 Å². The third-order valence-electron chi connectivity index (χ3n) is 2.60. The number of hydrogen-bond acceptors (Lipinski definition) is 4. The quantitative estimate of drug-likeness (QED) is 0.721. The van der Waals surface area contributed by atoms with Crippen LogP contribution >= 0.6 is 11.8 Å². The van der Waals surface area contributed by atoms with E-state index in [0.29, 0.717) is 24.8 Å². The molecular formula is C10H22N2O2S2. The molecule has 96 valence electrons. The minimum absolute atomic E-state index is 0.275. The molecule has 1 atom stereocenters. The monoisotopic (exact) mass is 266 g/mol. The first kappa shape index (κ1) is 14.3. The van der Waals surface area contributed by atoms with Crippen LogP contribution in [0.4, 0.5) is 0 Å². The average Bonchev–Trinajstić information content (AvgIpc) is 2.24. The summed E-state index contributed by atoms with van der Waals surface area (Å²) in [5, 5.41) is 3.57. The van der Waals surface area contributed by atoms with E-state index >= 15 is 0 Å². The molecule has 6 heteroatoms. The number of nitrogens with one attached hydrogen (secondary N) is 1.